The summed E-state index contributed by atoms with van der Waals surface area (Å²) in [6.07, 6.45) is 2.60. The molecule has 0 spiro atoms. The van der Waals surface area contributed by atoms with Crippen molar-refractivity contribution < 1.29 is 18.3 Å². The third-order valence-corrected chi connectivity index (χ3v) is 4.47. The number of nitrogens with one attached hydrogen (secondary N) is 1. The van der Waals surface area contributed by atoms with E-state index in [0.717, 1.165) is 18.9 Å². The molecule has 0 amide bonds. The van der Waals surface area contributed by atoms with E-state index < -0.39 is 11.6 Å². The van der Waals surface area contributed by atoms with Gasteiger partial charge in [0.05, 0.1) is 13.0 Å². The number of carbonyl (C=O) groups excluding carboxylic acids is 1. The molecule has 2 fully saturated rings. The molecular weight excluding hydrogens is 264 g/mol. The minimum Gasteiger partial charge on any atom is -0.469 e. The van der Waals surface area contributed by atoms with Crippen molar-refractivity contribution in [3.63, 3.8) is 0 Å². The monoisotopic (exact) mass is 281 g/mol. The first kappa shape index (κ1) is 13.5. The number of ether oxygens (including phenoxy) is 1. The molecule has 0 radical (unpaired) electrons. The highest BCUT2D eigenvalue weighted by Gasteiger charge is 2.46. The first-order valence-corrected chi connectivity index (χ1v) is 6.88. The van der Waals surface area contributed by atoms with Crippen molar-refractivity contribution in [1.82, 2.24) is 5.32 Å². The quantitative estimate of drug-likeness (QED) is 0.846. The van der Waals surface area contributed by atoms with Crippen molar-refractivity contribution in [2.45, 2.75) is 37.3 Å². The van der Waals surface area contributed by atoms with Gasteiger partial charge in [-0.15, -0.1) is 0 Å². The fourth-order valence-electron chi connectivity index (χ4n) is 3.65. The van der Waals surface area contributed by atoms with Crippen LogP contribution in [0.1, 0.15) is 30.7 Å². The summed E-state index contributed by atoms with van der Waals surface area (Å²) in [4.78, 5) is 12.1. The number of fused-ring (bicyclic) bond motifs is 2. The van der Waals surface area contributed by atoms with Crippen molar-refractivity contribution in [3.05, 3.63) is 35.4 Å². The van der Waals surface area contributed by atoms with Crippen LogP contribution in [0.2, 0.25) is 0 Å². The molecule has 108 valence electrons. The zero-order valence-electron chi connectivity index (χ0n) is 11.2. The summed E-state index contributed by atoms with van der Waals surface area (Å²) in [7, 11) is 1.35. The lowest BCUT2D eigenvalue weighted by molar-refractivity contribution is -0.148. The fourth-order valence-corrected chi connectivity index (χ4v) is 3.65. The molecule has 2 unspecified atom stereocenters. The number of benzene rings is 1. The van der Waals surface area contributed by atoms with E-state index in [0.29, 0.717) is 18.0 Å². The Morgan fingerprint density at radius 1 is 1.25 bits per heavy atom. The average molecular weight is 281 g/mol. The third-order valence-electron chi connectivity index (χ3n) is 4.47. The van der Waals surface area contributed by atoms with E-state index in [1.165, 1.54) is 19.2 Å². The zero-order chi connectivity index (χ0) is 14.3. The lowest BCUT2D eigenvalue weighted by Gasteiger charge is -2.36. The van der Waals surface area contributed by atoms with Gasteiger partial charge in [-0.05, 0) is 37.0 Å². The lowest BCUT2D eigenvalue weighted by atomic mass is 9.77. The number of methoxy groups -OCH3 is 1. The number of hydrogen-bond donors (Lipinski definition) is 1. The number of piperidine rings is 1. The predicted octanol–water partition coefficient (Wildman–Crippen LogP) is 2.36. The van der Waals surface area contributed by atoms with Crippen molar-refractivity contribution in [2.75, 3.05) is 7.11 Å². The number of esters is 1. The highest BCUT2D eigenvalue weighted by Crippen LogP contribution is 2.42. The van der Waals surface area contributed by atoms with E-state index in [1.807, 2.05) is 0 Å². The Hall–Kier alpha value is -1.49. The minimum atomic E-state index is -0.602. The Morgan fingerprint density at radius 2 is 1.95 bits per heavy atom. The largest absolute Gasteiger partial charge is 0.469 e. The highest BCUT2D eigenvalue weighted by atomic mass is 19.1. The summed E-state index contributed by atoms with van der Waals surface area (Å²) in [6, 6.07) is 3.87. The molecule has 1 aromatic carbocycles. The van der Waals surface area contributed by atoms with Crippen LogP contribution < -0.4 is 5.32 Å². The number of halogens is 2. The van der Waals surface area contributed by atoms with Crippen LogP contribution in [-0.4, -0.2) is 25.2 Å². The maximum absolute atomic E-state index is 13.4. The van der Waals surface area contributed by atoms with Crippen LogP contribution in [0.5, 0.6) is 0 Å². The van der Waals surface area contributed by atoms with Gasteiger partial charge in [-0.2, -0.15) is 0 Å². The van der Waals surface area contributed by atoms with E-state index in [1.54, 1.807) is 0 Å². The Labute approximate surface area is 116 Å². The number of hydrogen-bond acceptors (Lipinski definition) is 3. The van der Waals surface area contributed by atoms with Crippen LogP contribution in [0.4, 0.5) is 8.78 Å². The number of carbonyl (C=O) groups is 1. The van der Waals surface area contributed by atoms with Crippen LogP contribution in [-0.2, 0) is 9.53 Å². The second-order valence-corrected chi connectivity index (χ2v) is 5.64. The van der Waals surface area contributed by atoms with Gasteiger partial charge in [-0.3, -0.25) is 4.79 Å². The molecule has 1 aromatic rings. The maximum Gasteiger partial charge on any atom is 0.310 e. The summed E-state index contributed by atoms with van der Waals surface area (Å²) in [5.41, 5.74) is 0.552. The van der Waals surface area contributed by atoms with E-state index in [4.69, 9.17) is 4.74 Å². The van der Waals surface area contributed by atoms with Crippen molar-refractivity contribution >= 4 is 5.97 Å². The molecule has 4 atom stereocenters. The zero-order valence-corrected chi connectivity index (χ0v) is 11.2. The molecule has 2 saturated heterocycles. The van der Waals surface area contributed by atoms with Gasteiger partial charge in [0.15, 0.2) is 0 Å². The van der Waals surface area contributed by atoms with Gasteiger partial charge in [-0.1, -0.05) is 0 Å². The molecule has 3 nitrogen and oxygen atoms in total. The summed E-state index contributed by atoms with van der Waals surface area (Å²) in [6.45, 7) is 0. The van der Waals surface area contributed by atoms with Crippen LogP contribution in [0.25, 0.3) is 0 Å². The first-order chi connectivity index (χ1) is 9.58. The highest BCUT2D eigenvalue weighted by molar-refractivity contribution is 5.75. The molecule has 0 aromatic heterocycles. The molecule has 3 rings (SSSR count). The maximum atomic E-state index is 13.4. The van der Waals surface area contributed by atoms with E-state index in [9.17, 15) is 13.6 Å². The van der Waals surface area contributed by atoms with Crippen LogP contribution >= 0.6 is 0 Å². The SMILES string of the molecule is COC(=O)C1C2CC[C@H](C[C@@H]1c1cc(F)cc(F)c1)N2. The molecule has 20 heavy (non-hydrogen) atoms. The van der Waals surface area contributed by atoms with Gasteiger partial charge in [0.1, 0.15) is 11.6 Å². The molecule has 5 heteroatoms. The van der Waals surface area contributed by atoms with E-state index >= 15 is 0 Å². The smallest absolute Gasteiger partial charge is 0.310 e. The van der Waals surface area contributed by atoms with Crippen molar-refractivity contribution in [3.8, 4) is 0 Å². The second kappa shape index (κ2) is 5.13. The molecule has 0 aliphatic carbocycles. The van der Waals surface area contributed by atoms with Crippen LogP contribution in [0, 0.1) is 17.6 Å². The van der Waals surface area contributed by atoms with Gasteiger partial charge >= 0.3 is 5.97 Å². The summed E-state index contributed by atoms with van der Waals surface area (Å²) < 4.78 is 31.7. The van der Waals surface area contributed by atoms with E-state index in [2.05, 4.69) is 5.32 Å². The van der Waals surface area contributed by atoms with Crippen molar-refractivity contribution in [1.29, 1.82) is 0 Å². The Morgan fingerprint density at radius 3 is 2.60 bits per heavy atom. The normalized spacial score (nSPS) is 32.1. The number of rotatable bonds is 2. The Kier molecular flexibility index (Phi) is 3.46. The van der Waals surface area contributed by atoms with Gasteiger partial charge in [-0.25, -0.2) is 8.78 Å². The summed E-state index contributed by atoms with van der Waals surface area (Å²) >= 11 is 0. The topological polar surface area (TPSA) is 38.3 Å². The summed E-state index contributed by atoms with van der Waals surface area (Å²) in [5.74, 6) is -2.08. The average Bonchev–Trinajstić information content (AvgIpc) is 2.78. The van der Waals surface area contributed by atoms with E-state index in [-0.39, 0.29) is 23.8 Å². The summed E-state index contributed by atoms with van der Waals surface area (Å²) in [5, 5.41) is 3.40. The second-order valence-electron chi connectivity index (χ2n) is 5.64. The van der Waals surface area contributed by atoms with Crippen LogP contribution in [0.3, 0.4) is 0 Å². The molecule has 2 heterocycles. The molecule has 2 aliphatic rings. The van der Waals surface area contributed by atoms with Crippen LogP contribution in [0.15, 0.2) is 18.2 Å². The Balaban J connectivity index is 1.98. The molecular formula is C15H17F2NO2. The van der Waals surface area contributed by atoms with Gasteiger partial charge in [0, 0.05) is 24.1 Å². The first-order valence-electron chi connectivity index (χ1n) is 6.88. The van der Waals surface area contributed by atoms with Gasteiger partial charge < -0.3 is 10.1 Å². The van der Waals surface area contributed by atoms with Gasteiger partial charge in [0.25, 0.3) is 0 Å². The minimum absolute atomic E-state index is 0.0394. The predicted molar refractivity (Wildman–Crippen MR) is 69.2 cm³/mol. The standard InChI is InChI=1S/C15H17F2NO2/c1-20-15(19)14-12(7-11-2-3-13(14)18-11)8-4-9(16)6-10(17)5-8/h4-6,11-14,18H,2-3,7H2,1H3/t11-,12-,13?,14?/m1/s1. The van der Waals surface area contributed by atoms with Gasteiger partial charge in [0.2, 0.25) is 0 Å². The fraction of sp³-hybridized carbons (Fsp3) is 0.533. The molecule has 2 bridgehead atoms. The molecule has 1 N–H and O–H groups in total. The Bertz CT molecular complexity index is 514. The van der Waals surface area contributed by atoms with Crippen molar-refractivity contribution in [2.24, 2.45) is 5.92 Å². The lowest BCUT2D eigenvalue weighted by Crippen LogP contribution is -2.48. The molecule has 2 aliphatic heterocycles. The third kappa shape index (κ3) is 2.30. The molecule has 0 saturated carbocycles.